The molecule has 4 amide bonds. The molecule has 0 bridgehead atoms. The predicted molar refractivity (Wildman–Crippen MR) is 148 cm³/mol. The first-order valence-corrected chi connectivity index (χ1v) is 13.9. The van der Waals surface area contributed by atoms with Crippen LogP contribution in [0.25, 0.3) is 6.08 Å². The minimum atomic E-state index is -4.27. The van der Waals surface area contributed by atoms with E-state index < -0.39 is 33.5 Å². The number of nitrogens with zero attached hydrogens (tertiary/aromatic N) is 1. The Morgan fingerprint density at radius 3 is 2.25 bits per heavy atom. The maximum Gasteiger partial charge on any atom is 0.339 e. The van der Waals surface area contributed by atoms with Crippen LogP contribution in [-0.2, 0) is 19.7 Å². The predicted octanol–water partition coefficient (Wildman–Crippen LogP) is 4.62. The van der Waals surface area contributed by atoms with Crippen LogP contribution in [0.5, 0.6) is 17.2 Å². The summed E-state index contributed by atoms with van der Waals surface area (Å²) in [5, 5.41) is 2.15. The number of benzene rings is 3. The summed E-state index contributed by atoms with van der Waals surface area (Å²) in [6, 6.07) is 15.7. The van der Waals surface area contributed by atoms with Gasteiger partial charge in [0.1, 0.15) is 22.0 Å². The molecule has 1 aliphatic heterocycles. The number of rotatable bonds is 10. The van der Waals surface area contributed by atoms with Gasteiger partial charge in [0.2, 0.25) is 0 Å². The minimum Gasteiger partial charge on any atom is -0.497 e. The van der Waals surface area contributed by atoms with Crippen molar-refractivity contribution in [2.45, 2.75) is 31.6 Å². The Bertz CT molecular complexity index is 1560. The molecule has 10 nitrogen and oxygen atoms in total. The van der Waals surface area contributed by atoms with E-state index in [-0.39, 0.29) is 27.6 Å². The number of methoxy groups -OCH3 is 1. The van der Waals surface area contributed by atoms with Crippen LogP contribution in [0.2, 0.25) is 0 Å². The Morgan fingerprint density at radius 1 is 0.925 bits per heavy atom. The number of aryl methyl sites for hydroxylation is 1. The lowest BCUT2D eigenvalue weighted by Gasteiger charge is -2.26. The van der Waals surface area contributed by atoms with Gasteiger partial charge in [-0.2, -0.15) is 8.42 Å². The average Bonchev–Trinajstić information content (AvgIpc) is 2.92. The van der Waals surface area contributed by atoms with Crippen molar-refractivity contribution in [3.63, 3.8) is 0 Å². The van der Waals surface area contributed by atoms with Gasteiger partial charge in [-0.3, -0.25) is 14.9 Å². The van der Waals surface area contributed by atoms with E-state index in [1.165, 1.54) is 55.7 Å². The molecule has 0 aromatic heterocycles. The molecule has 1 heterocycles. The standard InChI is InChI=1S/C29H28N2O8S/c1-4-5-16-38-22-12-9-21(10-13-22)31-28(33)25(27(32)30-29(31)34)17-20-8-11-23(37-3)18-26(20)39-40(35,36)24-14-6-19(2)7-15-24/h6-15,17-18H,4-5,16H2,1-3H3,(H,30,32,34)/b25-17-. The van der Waals surface area contributed by atoms with Gasteiger partial charge in [0.15, 0.2) is 5.75 Å². The first-order valence-electron chi connectivity index (χ1n) is 12.5. The SMILES string of the molecule is CCCCOc1ccc(N2C(=O)NC(=O)/C(=C/c3ccc(OC)cc3OS(=O)(=O)c3ccc(C)cc3)C2=O)cc1. The number of hydrogen-bond donors (Lipinski definition) is 1. The molecule has 0 saturated carbocycles. The Balaban J connectivity index is 1.67. The monoisotopic (exact) mass is 564 g/mol. The fourth-order valence-corrected chi connectivity index (χ4v) is 4.72. The number of carbonyl (C=O) groups is 3. The van der Waals surface area contributed by atoms with E-state index in [0.29, 0.717) is 12.4 Å². The second-order valence-corrected chi connectivity index (χ2v) is 10.5. The molecule has 3 aromatic rings. The third-order valence-electron chi connectivity index (χ3n) is 5.99. The van der Waals surface area contributed by atoms with Gasteiger partial charge in [-0.15, -0.1) is 0 Å². The zero-order chi connectivity index (χ0) is 28.9. The van der Waals surface area contributed by atoms with Crippen LogP contribution in [0.1, 0.15) is 30.9 Å². The zero-order valence-corrected chi connectivity index (χ0v) is 23.0. The molecule has 208 valence electrons. The van der Waals surface area contributed by atoms with Crippen molar-refractivity contribution in [1.29, 1.82) is 0 Å². The lowest BCUT2D eigenvalue weighted by Crippen LogP contribution is -2.54. The molecule has 40 heavy (non-hydrogen) atoms. The number of amides is 4. The Morgan fingerprint density at radius 2 is 1.60 bits per heavy atom. The van der Waals surface area contributed by atoms with E-state index in [1.807, 2.05) is 13.8 Å². The second kappa shape index (κ2) is 12.0. The van der Waals surface area contributed by atoms with E-state index in [0.717, 1.165) is 23.3 Å². The van der Waals surface area contributed by atoms with E-state index in [2.05, 4.69) is 5.32 Å². The van der Waals surface area contributed by atoms with Crippen LogP contribution in [0.4, 0.5) is 10.5 Å². The second-order valence-electron chi connectivity index (χ2n) is 8.91. The summed E-state index contributed by atoms with van der Waals surface area (Å²) in [5.74, 6) is -1.15. The molecule has 4 rings (SSSR count). The molecule has 1 aliphatic rings. The Hall–Kier alpha value is -4.64. The fraction of sp³-hybridized carbons (Fsp3) is 0.207. The normalized spacial score (nSPS) is 14.7. The topological polar surface area (TPSA) is 128 Å². The van der Waals surface area contributed by atoms with Gasteiger partial charge in [-0.1, -0.05) is 31.0 Å². The van der Waals surface area contributed by atoms with Crippen molar-refractivity contribution in [2.24, 2.45) is 0 Å². The lowest BCUT2D eigenvalue weighted by molar-refractivity contribution is -0.122. The van der Waals surface area contributed by atoms with Crippen molar-refractivity contribution < 1.29 is 36.5 Å². The number of barbiturate groups is 1. The number of nitrogens with one attached hydrogen (secondary N) is 1. The van der Waals surface area contributed by atoms with Crippen molar-refractivity contribution in [1.82, 2.24) is 5.32 Å². The molecule has 1 saturated heterocycles. The molecule has 1 fully saturated rings. The molecule has 11 heteroatoms. The highest BCUT2D eigenvalue weighted by molar-refractivity contribution is 7.87. The van der Waals surface area contributed by atoms with Gasteiger partial charge in [-0.05, 0) is 68.0 Å². The van der Waals surface area contributed by atoms with Crippen LogP contribution < -0.4 is 23.9 Å². The van der Waals surface area contributed by atoms with Crippen LogP contribution in [0.15, 0.2) is 77.2 Å². The molecular formula is C29H28N2O8S. The first kappa shape index (κ1) is 28.4. The molecule has 0 atom stereocenters. The molecule has 1 N–H and O–H groups in total. The lowest BCUT2D eigenvalue weighted by atomic mass is 10.1. The van der Waals surface area contributed by atoms with Crippen LogP contribution in [0.3, 0.4) is 0 Å². The van der Waals surface area contributed by atoms with Crippen molar-refractivity contribution in [2.75, 3.05) is 18.6 Å². The van der Waals surface area contributed by atoms with Crippen LogP contribution in [0, 0.1) is 6.92 Å². The van der Waals surface area contributed by atoms with E-state index >= 15 is 0 Å². The number of carbonyl (C=O) groups excluding carboxylic acids is 3. The van der Waals surface area contributed by atoms with Crippen LogP contribution >= 0.6 is 0 Å². The molecule has 3 aromatic carbocycles. The minimum absolute atomic E-state index is 0.0788. The number of unbranched alkanes of at least 4 members (excludes halogenated alkanes) is 1. The summed E-state index contributed by atoms with van der Waals surface area (Å²) in [6.07, 6.45) is 3.02. The molecule has 0 unspecified atom stereocenters. The first-order chi connectivity index (χ1) is 19.1. The molecular weight excluding hydrogens is 536 g/mol. The summed E-state index contributed by atoms with van der Waals surface area (Å²) in [6.45, 7) is 4.40. The third kappa shape index (κ3) is 6.32. The molecule has 0 spiro atoms. The largest absolute Gasteiger partial charge is 0.497 e. The van der Waals surface area contributed by atoms with Gasteiger partial charge >= 0.3 is 16.1 Å². The number of hydrogen-bond acceptors (Lipinski definition) is 8. The number of ether oxygens (including phenoxy) is 2. The zero-order valence-electron chi connectivity index (χ0n) is 22.2. The number of imide groups is 2. The summed E-state index contributed by atoms with van der Waals surface area (Å²) in [4.78, 5) is 39.5. The van der Waals surface area contributed by atoms with Crippen LogP contribution in [-0.4, -0.2) is 40.0 Å². The summed E-state index contributed by atoms with van der Waals surface area (Å²) < 4.78 is 42.2. The highest BCUT2D eigenvalue weighted by Gasteiger charge is 2.37. The van der Waals surface area contributed by atoms with E-state index in [1.54, 1.807) is 24.3 Å². The quantitative estimate of drug-likeness (QED) is 0.164. The molecule has 0 aliphatic carbocycles. The maximum absolute atomic E-state index is 13.4. The van der Waals surface area contributed by atoms with Crippen molar-refractivity contribution >= 4 is 39.7 Å². The third-order valence-corrected chi connectivity index (χ3v) is 7.24. The molecule has 0 radical (unpaired) electrons. The van der Waals surface area contributed by atoms with E-state index in [4.69, 9.17) is 13.7 Å². The van der Waals surface area contributed by atoms with Gasteiger partial charge in [0, 0.05) is 11.6 Å². The van der Waals surface area contributed by atoms with Gasteiger partial charge in [0.05, 0.1) is 19.4 Å². The van der Waals surface area contributed by atoms with Gasteiger partial charge < -0.3 is 13.7 Å². The summed E-state index contributed by atoms with van der Waals surface area (Å²) >= 11 is 0. The smallest absolute Gasteiger partial charge is 0.339 e. The van der Waals surface area contributed by atoms with Gasteiger partial charge in [-0.25, -0.2) is 9.69 Å². The summed E-state index contributed by atoms with van der Waals surface area (Å²) in [5.41, 5.74) is 0.789. The highest BCUT2D eigenvalue weighted by Crippen LogP contribution is 2.31. The number of anilines is 1. The average molecular weight is 565 g/mol. The van der Waals surface area contributed by atoms with Crippen molar-refractivity contribution in [3.8, 4) is 17.2 Å². The van der Waals surface area contributed by atoms with Crippen molar-refractivity contribution in [3.05, 3.63) is 83.4 Å². The Labute approximate surface area is 232 Å². The highest BCUT2D eigenvalue weighted by atomic mass is 32.2. The fourth-order valence-electron chi connectivity index (χ4n) is 3.78. The van der Waals surface area contributed by atoms with E-state index in [9.17, 15) is 22.8 Å². The summed E-state index contributed by atoms with van der Waals surface area (Å²) in [7, 11) is -2.87. The maximum atomic E-state index is 13.4. The Kier molecular flexibility index (Phi) is 8.54. The van der Waals surface area contributed by atoms with Gasteiger partial charge in [0.25, 0.3) is 11.8 Å². The number of urea groups is 1.